The molecule has 0 N–H and O–H groups in total. The third kappa shape index (κ3) is 3.46. The van der Waals surface area contributed by atoms with Crippen molar-refractivity contribution in [1.29, 1.82) is 0 Å². The van der Waals surface area contributed by atoms with Gasteiger partial charge in [-0.25, -0.2) is 9.97 Å². The molecular formula is C38H25N3. The maximum Gasteiger partial charge on any atom is 0.147 e. The van der Waals surface area contributed by atoms with Gasteiger partial charge in [0.1, 0.15) is 5.65 Å². The monoisotopic (exact) mass is 523 g/mol. The van der Waals surface area contributed by atoms with Gasteiger partial charge in [-0.1, -0.05) is 84.9 Å². The maximum atomic E-state index is 5.19. The molecule has 3 aromatic heterocycles. The summed E-state index contributed by atoms with van der Waals surface area (Å²) in [6, 6.07) is 41.5. The Morgan fingerprint density at radius 2 is 1.29 bits per heavy atom. The number of rotatable bonds is 2. The van der Waals surface area contributed by atoms with Crippen LogP contribution >= 0.6 is 0 Å². The molecule has 0 unspecified atom stereocenters. The molecule has 1 aliphatic rings. The highest BCUT2D eigenvalue weighted by molar-refractivity contribution is 6.15. The first-order valence-corrected chi connectivity index (χ1v) is 14.2. The SMILES string of the molecule is C1=Cc2cc(-c3ccc(-c4ccc5c(c4)c4nc6ccccc6cc4c4nc6ccccc6n54)cc3)ccc2CC1. The summed E-state index contributed by atoms with van der Waals surface area (Å²) in [6.07, 6.45) is 6.80. The molecule has 5 aromatic carbocycles. The summed E-state index contributed by atoms with van der Waals surface area (Å²) in [5.41, 5.74) is 13.8. The average Bonchev–Trinajstić information content (AvgIpc) is 3.44. The van der Waals surface area contributed by atoms with Crippen LogP contribution in [0.2, 0.25) is 0 Å². The lowest BCUT2D eigenvalue weighted by molar-refractivity contribution is 0.986. The fourth-order valence-electron chi connectivity index (χ4n) is 6.50. The van der Waals surface area contributed by atoms with Crippen LogP contribution in [-0.4, -0.2) is 14.4 Å². The zero-order valence-electron chi connectivity index (χ0n) is 22.4. The van der Waals surface area contributed by atoms with Crippen LogP contribution in [0.15, 0.2) is 121 Å². The summed E-state index contributed by atoms with van der Waals surface area (Å²) in [4.78, 5) is 10.3. The van der Waals surface area contributed by atoms with Gasteiger partial charge < -0.3 is 0 Å². The van der Waals surface area contributed by atoms with E-state index in [9.17, 15) is 0 Å². The standard InChI is InChI=1S/C38H25N3/c1-2-8-27-21-28(18-17-24(27)7-1)25-13-15-26(16-14-25)29-19-20-35-31(22-29)37-32(23-30-9-3-4-10-33(30)39-37)38-40-34-11-5-6-12-36(34)41(35)38/h2-6,8-23H,1,7H2. The molecule has 0 bridgehead atoms. The first-order chi connectivity index (χ1) is 20.3. The third-order valence-corrected chi connectivity index (χ3v) is 8.59. The Morgan fingerprint density at radius 1 is 0.561 bits per heavy atom. The van der Waals surface area contributed by atoms with Gasteiger partial charge in [0, 0.05) is 16.2 Å². The van der Waals surface area contributed by atoms with Crippen molar-refractivity contribution < 1.29 is 0 Å². The summed E-state index contributed by atoms with van der Waals surface area (Å²) in [5.74, 6) is 0. The maximum absolute atomic E-state index is 5.19. The lowest BCUT2D eigenvalue weighted by Gasteiger charge is -2.13. The molecule has 0 saturated heterocycles. The van der Waals surface area contributed by atoms with E-state index in [0.717, 1.165) is 62.2 Å². The van der Waals surface area contributed by atoms with E-state index in [1.54, 1.807) is 0 Å². The first-order valence-electron chi connectivity index (χ1n) is 14.2. The van der Waals surface area contributed by atoms with Crippen molar-refractivity contribution in [3.05, 3.63) is 132 Å². The van der Waals surface area contributed by atoms with Crippen LogP contribution in [0, 0.1) is 0 Å². The highest BCUT2D eigenvalue weighted by Gasteiger charge is 2.16. The topological polar surface area (TPSA) is 30.2 Å². The molecular weight excluding hydrogens is 498 g/mol. The summed E-state index contributed by atoms with van der Waals surface area (Å²) >= 11 is 0. The lowest BCUT2D eigenvalue weighted by atomic mass is 9.92. The van der Waals surface area contributed by atoms with E-state index in [4.69, 9.17) is 9.97 Å². The Hall–Kier alpha value is -5.28. The number of imidazole rings is 1. The molecule has 41 heavy (non-hydrogen) atoms. The van der Waals surface area contributed by atoms with E-state index in [1.165, 1.54) is 33.4 Å². The smallest absolute Gasteiger partial charge is 0.147 e. The highest BCUT2D eigenvalue weighted by Crippen LogP contribution is 2.36. The molecule has 192 valence electrons. The van der Waals surface area contributed by atoms with Crippen LogP contribution in [0.1, 0.15) is 17.5 Å². The van der Waals surface area contributed by atoms with Crippen molar-refractivity contribution in [2.45, 2.75) is 12.8 Å². The lowest BCUT2D eigenvalue weighted by Crippen LogP contribution is -1.95. The number of nitrogens with zero attached hydrogens (tertiary/aromatic N) is 3. The number of aromatic nitrogens is 3. The Morgan fingerprint density at radius 3 is 2.17 bits per heavy atom. The second-order valence-corrected chi connectivity index (χ2v) is 11.0. The van der Waals surface area contributed by atoms with Crippen molar-refractivity contribution in [3.8, 4) is 22.3 Å². The molecule has 3 heteroatoms. The number of aryl methyl sites for hydroxylation is 1. The van der Waals surface area contributed by atoms with Crippen LogP contribution < -0.4 is 0 Å². The van der Waals surface area contributed by atoms with Crippen molar-refractivity contribution in [2.24, 2.45) is 0 Å². The van der Waals surface area contributed by atoms with Crippen molar-refractivity contribution in [2.75, 3.05) is 0 Å². The number of hydrogen-bond acceptors (Lipinski definition) is 2. The van der Waals surface area contributed by atoms with E-state index in [0.29, 0.717) is 0 Å². The van der Waals surface area contributed by atoms with E-state index in [-0.39, 0.29) is 0 Å². The van der Waals surface area contributed by atoms with E-state index in [1.807, 2.05) is 0 Å². The second-order valence-electron chi connectivity index (χ2n) is 11.0. The predicted octanol–water partition coefficient (Wildman–Crippen LogP) is 9.64. The van der Waals surface area contributed by atoms with Crippen molar-refractivity contribution >= 4 is 55.5 Å². The van der Waals surface area contributed by atoms with Crippen LogP contribution in [0.4, 0.5) is 0 Å². The fourth-order valence-corrected chi connectivity index (χ4v) is 6.50. The molecule has 0 amide bonds. The van der Waals surface area contributed by atoms with Crippen LogP contribution in [0.5, 0.6) is 0 Å². The van der Waals surface area contributed by atoms with Crippen molar-refractivity contribution in [3.63, 3.8) is 0 Å². The Balaban J connectivity index is 1.25. The quantitative estimate of drug-likeness (QED) is 0.167. The minimum Gasteiger partial charge on any atom is -0.292 e. The number of benzene rings is 5. The molecule has 0 spiro atoms. The van der Waals surface area contributed by atoms with Crippen LogP contribution in [-0.2, 0) is 6.42 Å². The van der Waals surface area contributed by atoms with Gasteiger partial charge in [0.15, 0.2) is 0 Å². The van der Waals surface area contributed by atoms with Gasteiger partial charge in [-0.05, 0) is 88.7 Å². The number of para-hydroxylation sites is 3. The van der Waals surface area contributed by atoms with Gasteiger partial charge in [-0.15, -0.1) is 0 Å². The number of hydrogen-bond donors (Lipinski definition) is 0. The normalized spacial score (nSPS) is 13.1. The molecule has 9 rings (SSSR count). The highest BCUT2D eigenvalue weighted by atomic mass is 15.0. The molecule has 0 aliphatic heterocycles. The Labute approximate surface area is 237 Å². The summed E-state index contributed by atoms with van der Waals surface area (Å²) in [5, 5.41) is 3.32. The molecule has 8 aromatic rings. The molecule has 3 nitrogen and oxygen atoms in total. The molecule has 0 atom stereocenters. The van der Waals surface area contributed by atoms with Crippen LogP contribution in [0.3, 0.4) is 0 Å². The molecule has 0 radical (unpaired) electrons. The van der Waals surface area contributed by atoms with Gasteiger partial charge in [0.05, 0.1) is 27.6 Å². The van der Waals surface area contributed by atoms with Gasteiger partial charge in [-0.2, -0.15) is 0 Å². The van der Waals surface area contributed by atoms with Gasteiger partial charge >= 0.3 is 0 Å². The summed E-state index contributed by atoms with van der Waals surface area (Å²) in [6.45, 7) is 0. The first kappa shape index (κ1) is 22.5. The third-order valence-electron chi connectivity index (χ3n) is 8.59. The zero-order valence-corrected chi connectivity index (χ0v) is 22.4. The zero-order chi connectivity index (χ0) is 26.9. The van der Waals surface area contributed by atoms with Gasteiger partial charge in [-0.3, -0.25) is 4.40 Å². The van der Waals surface area contributed by atoms with E-state index in [2.05, 4.69) is 132 Å². The largest absolute Gasteiger partial charge is 0.292 e. The number of allylic oxidation sites excluding steroid dienone is 1. The second kappa shape index (κ2) is 8.61. The number of pyridine rings is 2. The van der Waals surface area contributed by atoms with E-state index >= 15 is 0 Å². The molecule has 1 aliphatic carbocycles. The Bertz CT molecular complexity index is 2360. The minimum atomic E-state index is 0.948. The fraction of sp³-hybridized carbons (Fsp3) is 0.0526. The molecule has 3 heterocycles. The predicted molar refractivity (Wildman–Crippen MR) is 171 cm³/mol. The summed E-state index contributed by atoms with van der Waals surface area (Å²) < 4.78 is 2.29. The van der Waals surface area contributed by atoms with Crippen molar-refractivity contribution in [1.82, 2.24) is 14.4 Å². The minimum absolute atomic E-state index is 0.948. The summed E-state index contributed by atoms with van der Waals surface area (Å²) in [7, 11) is 0. The molecule has 0 saturated carbocycles. The van der Waals surface area contributed by atoms with E-state index < -0.39 is 0 Å². The average molecular weight is 524 g/mol. The van der Waals surface area contributed by atoms with Crippen LogP contribution in [0.25, 0.3) is 77.7 Å². The molecule has 0 fully saturated rings. The van der Waals surface area contributed by atoms with Gasteiger partial charge in [0.25, 0.3) is 0 Å². The van der Waals surface area contributed by atoms with Gasteiger partial charge in [0.2, 0.25) is 0 Å². The number of fused-ring (bicyclic) bond motifs is 10. The Kier molecular flexibility index (Phi) is 4.73.